The van der Waals surface area contributed by atoms with Crippen molar-refractivity contribution in [3.05, 3.63) is 50.9 Å². The summed E-state index contributed by atoms with van der Waals surface area (Å²) in [4.78, 5) is 32.5. The summed E-state index contributed by atoms with van der Waals surface area (Å²) in [5, 5.41) is 3.20. The lowest BCUT2D eigenvalue weighted by atomic mass is 10.2. The molecule has 0 spiro atoms. The second kappa shape index (κ2) is 6.68. The summed E-state index contributed by atoms with van der Waals surface area (Å²) < 4.78 is 0. The number of rotatable bonds is 2. The van der Waals surface area contributed by atoms with Crippen LogP contribution in [0.5, 0.6) is 0 Å². The standard InChI is InChI=1S/C16H16ClN3O2S/c1-11-18-14(10-23-11)16(22)20-7-5-19(6-8-20)15(21)12-3-2-4-13(17)9-12/h2-4,9-10H,5-8H2,1H3. The first kappa shape index (κ1) is 16.0. The normalized spacial score (nSPS) is 14.9. The van der Waals surface area contributed by atoms with Gasteiger partial charge < -0.3 is 9.80 Å². The number of carbonyl (C=O) groups excluding carboxylic acids is 2. The van der Waals surface area contributed by atoms with Gasteiger partial charge in [-0.3, -0.25) is 9.59 Å². The lowest BCUT2D eigenvalue weighted by Crippen LogP contribution is -2.50. The van der Waals surface area contributed by atoms with Crippen molar-refractivity contribution in [3.8, 4) is 0 Å². The number of aryl methyl sites for hydroxylation is 1. The van der Waals surface area contributed by atoms with Crippen LogP contribution < -0.4 is 0 Å². The van der Waals surface area contributed by atoms with Gasteiger partial charge in [-0.25, -0.2) is 4.98 Å². The van der Waals surface area contributed by atoms with Crippen molar-refractivity contribution in [3.63, 3.8) is 0 Å². The van der Waals surface area contributed by atoms with Crippen LogP contribution >= 0.6 is 22.9 Å². The molecule has 1 fully saturated rings. The molecule has 2 aromatic rings. The van der Waals surface area contributed by atoms with Gasteiger partial charge in [-0.05, 0) is 25.1 Å². The molecule has 7 heteroatoms. The SMILES string of the molecule is Cc1nc(C(=O)N2CCN(C(=O)c3cccc(Cl)c3)CC2)cs1. The van der Waals surface area contributed by atoms with Crippen LogP contribution in [0.1, 0.15) is 25.9 Å². The quantitative estimate of drug-likeness (QED) is 0.837. The van der Waals surface area contributed by atoms with E-state index in [1.165, 1.54) is 11.3 Å². The Balaban J connectivity index is 1.62. The smallest absolute Gasteiger partial charge is 0.273 e. The molecule has 0 unspecified atom stereocenters. The van der Waals surface area contributed by atoms with E-state index in [1.807, 2.05) is 6.92 Å². The van der Waals surface area contributed by atoms with Crippen LogP contribution in [0.3, 0.4) is 0 Å². The van der Waals surface area contributed by atoms with Crippen LogP contribution in [0.25, 0.3) is 0 Å². The minimum absolute atomic E-state index is 0.0518. The summed E-state index contributed by atoms with van der Waals surface area (Å²) >= 11 is 7.40. The van der Waals surface area contributed by atoms with Crippen LogP contribution in [-0.4, -0.2) is 52.8 Å². The number of amides is 2. The summed E-state index contributed by atoms with van der Waals surface area (Å²) in [6.45, 7) is 3.94. The first-order valence-corrected chi connectivity index (χ1v) is 8.56. The molecule has 23 heavy (non-hydrogen) atoms. The highest BCUT2D eigenvalue weighted by Crippen LogP contribution is 2.16. The van der Waals surface area contributed by atoms with Gasteiger partial charge in [0.2, 0.25) is 0 Å². The van der Waals surface area contributed by atoms with Crippen molar-refractivity contribution in [1.29, 1.82) is 0 Å². The van der Waals surface area contributed by atoms with Crippen LogP contribution in [0.15, 0.2) is 29.6 Å². The highest BCUT2D eigenvalue weighted by atomic mass is 35.5. The van der Waals surface area contributed by atoms with E-state index in [1.54, 1.807) is 39.4 Å². The molecule has 1 saturated heterocycles. The molecule has 0 N–H and O–H groups in total. The molecule has 0 bridgehead atoms. The Labute approximate surface area is 143 Å². The van der Waals surface area contributed by atoms with Crippen LogP contribution in [-0.2, 0) is 0 Å². The second-order valence-electron chi connectivity index (χ2n) is 5.35. The molecule has 2 amide bonds. The van der Waals surface area contributed by atoms with Crippen LogP contribution in [0, 0.1) is 6.92 Å². The van der Waals surface area contributed by atoms with Crippen molar-refractivity contribution in [1.82, 2.24) is 14.8 Å². The number of nitrogens with zero attached hydrogens (tertiary/aromatic N) is 3. The summed E-state index contributed by atoms with van der Waals surface area (Å²) in [7, 11) is 0. The van der Waals surface area contributed by atoms with E-state index in [9.17, 15) is 9.59 Å². The lowest BCUT2D eigenvalue weighted by Gasteiger charge is -2.34. The molecular formula is C16H16ClN3O2S. The highest BCUT2D eigenvalue weighted by molar-refractivity contribution is 7.09. The Morgan fingerprint density at radius 3 is 2.35 bits per heavy atom. The fourth-order valence-corrected chi connectivity index (χ4v) is 3.32. The summed E-state index contributed by atoms with van der Waals surface area (Å²) in [6, 6.07) is 6.92. The number of aromatic nitrogens is 1. The molecule has 2 heterocycles. The van der Waals surface area contributed by atoms with E-state index in [2.05, 4.69) is 4.98 Å². The number of carbonyl (C=O) groups is 2. The molecule has 0 saturated carbocycles. The summed E-state index contributed by atoms with van der Waals surface area (Å²) in [6.07, 6.45) is 0. The monoisotopic (exact) mass is 349 g/mol. The Bertz CT molecular complexity index is 738. The molecular weight excluding hydrogens is 334 g/mol. The number of benzene rings is 1. The first-order chi connectivity index (χ1) is 11.0. The molecule has 3 rings (SSSR count). The Hall–Kier alpha value is -1.92. The van der Waals surface area contributed by atoms with Crippen molar-refractivity contribution in [2.75, 3.05) is 26.2 Å². The third-order valence-electron chi connectivity index (χ3n) is 3.76. The van der Waals surface area contributed by atoms with Gasteiger partial charge in [-0.15, -0.1) is 11.3 Å². The fraction of sp³-hybridized carbons (Fsp3) is 0.312. The predicted octanol–water partition coefficient (Wildman–Crippen LogP) is 2.70. The minimum atomic E-state index is -0.0656. The maximum Gasteiger partial charge on any atom is 0.273 e. The Morgan fingerprint density at radius 1 is 1.13 bits per heavy atom. The van der Waals surface area contributed by atoms with Gasteiger partial charge in [0, 0.05) is 42.1 Å². The molecule has 5 nitrogen and oxygen atoms in total. The van der Waals surface area contributed by atoms with Crippen molar-refractivity contribution < 1.29 is 9.59 Å². The van der Waals surface area contributed by atoms with Gasteiger partial charge in [-0.2, -0.15) is 0 Å². The molecule has 0 radical (unpaired) electrons. The molecule has 120 valence electrons. The third kappa shape index (κ3) is 3.54. The van der Waals surface area contributed by atoms with Crippen LogP contribution in [0.2, 0.25) is 5.02 Å². The van der Waals surface area contributed by atoms with E-state index in [-0.39, 0.29) is 11.8 Å². The van der Waals surface area contributed by atoms with Gasteiger partial charge in [0.15, 0.2) is 0 Å². The van der Waals surface area contributed by atoms with Gasteiger partial charge in [0.05, 0.1) is 5.01 Å². The molecule has 1 aromatic heterocycles. The zero-order valence-corrected chi connectivity index (χ0v) is 14.2. The van der Waals surface area contributed by atoms with Crippen molar-refractivity contribution in [2.24, 2.45) is 0 Å². The third-order valence-corrected chi connectivity index (χ3v) is 4.77. The van der Waals surface area contributed by atoms with Crippen molar-refractivity contribution in [2.45, 2.75) is 6.92 Å². The average Bonchev–Trinajstić information content (AvgIpc) is 3.00. The van der Waals surface area contributed by atoms with E-state index in [0.29, 0.717) is 42.5 Å². The topological polar surface area (TPSA) is 53.5 Å². The van der Waals surface area contributed by atoms with Gasteiger partial charge in [0.25, 0.3) is 11.8 Å². The predicted molar refractivity (Wildman–Crippen MR) is 90.1 cm³/mol. The molecule has 0 aliphatic carbocycles. The summed E-state index contributed by atoms with van der Waals surface area (Å²) in [5.41, 5.74) is 1.06. The lowest BCUT2D eigenvalue weighted by molar-refractivity contribution is 0.0532. The zero-order valence-electron chi connectivity index (χ0n) is 12.7. The van der Waals surface area contributed by atoms with Gasteiger partial charge >= 0.3 is 0 Å². The van der Waals surface area contributed by atoms with Crippen molar-refractivity contribution >= 4 is 34.8 Å². The molecule has 1 aliphatic heterocycles. The van der Waals surface area contributed by atoms with E-state index < -0.39 is 0 Å². The maximum atomic E-state index is 12.5. The van der Waals surface area contributed by atoms with Crippen LogP contribution in [0.4, 0.5) is 0 Å². The summed E-state index contributed by atoms with van der Waals surface area (Å²) in [5.74, 6) is -0.117. The molecule has 1 aromatic carbocycles. The van der Waals surface area contributed by atoms with Gasteiger partial charge in [0.1, 0.15) is 5.69 Å². The second-order valence-corrected chi connectivity index (χ2v) is 6.85. The van der Waals surface area contributed by atoms with E-state index in [4.69, 9.17) is 11.6 Å². The minimum Gasteiger partial charge on any atom is -0.335 e. The number of halogens is 1. The maximum absolute atomic E-state index is 12.5. The Kier molecular flexibility index (Phi) is 4.63. The fourth-order valence-electron chi connectivity index (χ4n) is 2.54. The van der Waals surface area contributed by atoms with E-state index >= 15 is 0 Å². The zero-order chi connectivity index (χ0) is 16.4. The largest absolute Gasteiger partial charge is 0.335 e. The van der Waals surface area contributed by atoms with Gasteiger partial charge in [-0.1, -0.05) is 17.7 Å². The molecule has 1 aliphatic rings. The number of hydrogen-bond donors (Lipinski definition) is 0. The Morgan fingerprint density at radius 2 is 1.78 bits per heavy atom. The average molecular weight is 350 g/mol. The highest BCUT2D eigenvalue weighted by Gasteiger charge is 2.26. The number of thiazole rings is 1. The number of piperazine rings is 1. The van der Waals surface area contributed by atoms with E-state index in [0.717, 1.165) is 5.01 Å². The number of hydrogen-bond acceptors (Lipinski definition) is 4. The first-order valence-electron chi connectivity index (χ1n) is 7.31. The molecule has 0 atom stereocenters.